The molecule has 0 spiro atoms. The first-order chi connectivity index (χ1) is 13.0. The lowest BCUT2D eigenvalue weighted by atomic mass is 9.96. The number of guanidine groups is 1. The summed E-state index contributed by atoms with van der Waals surface area (Å²) in [5, 5.41) is 20.1. The fourth-order valence-corrected chi connectivity index (χ4v) is 2.83. The highest BCUT2D eigenvalue weighted by Gasteiger charge is 2.32. The molecule has 1 aromatic rings. The summed E-state index contributed by atoms with van der Waals surface area (Å²) >= 11 is 0. The minimum atomic E-state index is -1.05. The van der Waals surface area contributed by atoms with Crippen molar-refractivity contribution < 1.29 is 14.6 Å². The minimum absolute atomic E-state index is 0.00235. The number of nitrogens with zero attached hydrogens (tertiary/aromatic N) is 1. The Bertz CT molecular complexity index is 615. The fourth-order valence-electron chi connectivity index (χ4n) is 2.83. The van der Waals surface area contributed by atoms with Gasteiger partial charge in [-0.3, -0.25) is 0 Å². The average Bonchev–Trinajstić information content (AvgIpc) is 3.49. The van der Waals surface area contributed by atoms with Crippen molar-refractivity contribution in [2.24, 2.45) is 10.9 Å². The Balaban J connectivity index is 1.95. The first-order valence-corrected chi connectivity index (χ1v) is 9.69. The van der Waals surface area contributed by atoms with Gasteiger partial charge in [0.25, 0.3) is 0 Å². The number of ether oxygens (including phenoxy) is 1. The van der Waals surface area contributed by atoms with Crippen LogP contribution in [-0.2, 0) is 10.3 Å². The van der Waals surface area contributed by atoms with Gasteiger partial charge >= 0.3 is 6.09 Å². The van der Waals surface area contributed by atoms with Crippen LogP contribution in [0.1, 0.15) is 39.2 Å². The smallest absolute Gasteiger partial charge is 0.407 e. The van der Waals surface area contributed by atoms with Crippen molar-refractivity contribution >= 4 is 12.1 Å². The zero-order chi connectivity index (χ0) is 19.7. The number of carbonyl (C=O) groups excluding carboxylic acids is 1. The molecule has 1 aliphatic carbocycles. The molecule has 0 bridgehead atoms. The topological polar surface area (TPSA) is 95.0 Å². The number of amides is 1. The molecule has 4 N–H and O–H groups in total. The van der Waals surface area contributed by atoms with Crippen molar-refractivity contribution in [1.82, 2.24) is 16.0 Å². The van der Waals surface area contributed by atoms with E-state index >= 15 is 0 Å². The normalized spacial score (nSPS) is 17.6. The monoisotopic (exact) mass is 376 g/mol. The molecule has 0 aromatic heterocycles. The molecule has 1 amide bonds. The van der Waals surface area contributed by atoms with E-state index in [9.17, 15) is 9.90 Å². The predicted octanol–water partition coefficient (Wildman–Crippen LogP) is 1.97. The van der Waals surface area contributed by atoms with Crippen LogP contribution in [0, 0.1) is 5.92 Å². The molecule has 150 valence electrons. The highest BCUT2D eigenvalue weighted by molar-refractivity contribution is 5.80. The third-order valence-electron chi connectivity index (χ3n) is 4.54. The number of carbonyl (C=O) groups is 1. The van der Waals surface area contributed by atoms with Crippen LogP contribution in [0.15, 0.2) is 35.3 Å². The maximum Gasteiger partial charge on any atom is 0.407 e. The van der Waals surface area contributed by atoms with Crippen LogP contribution in [0.2, 0.25) is 0 Å². The number of alkyl carbamates (subject to hydrolysis) is 1. The van der Waals surface area contributed by atoms with Gasteiger partial charge < -0.3 is 25.8 Å². The van der Waals surface area contributed by atoms with Crippen molar-refractivity contribution in [3.8, 4) is 0 Å². The molecule has 1 aliphatic rings. The van der Waals surface area contributed by atoms with Crippen molar-refractivity contribution in [1.29, 1.82) is 0 Å². The van der Waals surface area contributed by atoms with Crippen LogP contribution in [0.25, 0.3) is 0 Å². The van der Waals surface area contributed by atoms with Gasteiger partial charge in [-0.1, -0.05) is 30.3 Å². The van der Waals surface area contributed by atoms with Crippen molar-refractivity contribution in [3.63, 3.8) is 0 Å². The molecule has 1 saturated carbocycles. The molecule has 27 heavy (non-hydrogen) atoms. The standard InChI is InChI=1S/C20H32N4O3/c1-4-21-18(23-14-20(3,26)16-9-7-6-8-10-16)22-13-17(15-11-12-15)24-19(25)27-5-2/h6-10,15,17,26H,4-5,11-14H2,1-3H3,(H,24,25)(H2,21,22,23). The van der Waals surface area contributed by atoms with E-state index in [-0.39, 0.29) is 18.7 Å². The SMILES string of the molecule is CCNC(=NCC(C)(O)c1ccccc1)NCC(NC(=O)OCC)C1CC1. The summed E-state index contributed by atoms with van der Waals surface area (Å²) in [6.07, 6.45) is 1.83. The predicted molar refractivity (Wildman–Crippen MR) is 107 cm³/mol. The molecular formula is C20H32N4O3. The quantitative estimate of drug-likeness (QED) is 0.390. The first-order valence-electron chi connectivity index (χ1n) is 9.69. The van der Waals surface area contributed by atoms with E-state index in [0.29, 0.717) is 31.6 Å². The summed E-state index contributed by atoms with van der Waals surface area (Å²) in [4.78, 5) is 16.3. The summed E-state index contributed by atoms with van der Waals surface area (Å²) in [6, 6.07) is 9.51. The highest BCUT2D eigenvalue weighted by Crippen LogP contribution is 2.32. The Hall–Kier alpha value is -2.28. The Morgan fingerprint density at radius 2 is 2.00 bits per heavy atom. The number of hydrogen-bond acceptors (Lipinski definition) is 4. The van der Waals surface area contributed by atoms with Gasteiger partial charge in [-0.25, -0.2) is 9.79 Å². The van der Waals surface area contributed by atoms with Crippen molar-refractivity contribution in [3.05, 3.63) is 35.9 Å². The van der Waals surface area contributed by atoms with E-state index < -0.39 is 5.60 Å². The van der Waals surface area contributed by atoms with Gasteiger partial charge in [-0.05, 0) is 45.1 Å². The van der Waals surface area contributed by atoms with Crippen molar-refractivity contribution in [2.45, 2.75) is 45.3 Å². The molecule has 1 aromatic carbocycles. The second kappa shape index (κ2) is 10.2. The van der Waals surface area contributed by atoms with Gasteiger partial charge in [0.2, 0.25) is 0 Å². The second-order valence-corrected chi connectivity index (χ2v) is 7.02. The number of nitrogens with one attached hydrogen (secondary N) is 3. The molecule has 0 aliphatic heterocycles. The molecule has 7 heteroatoms. The molecular weight excluding hydrogens is 344 g/mol. The number of hydrogen-bond donors (Lipinski definition) is 4. The van der Waals surface area contributed by atoms with Crippen LogP contribution in [0.3, 0.4) is 0 Å². The zero-order valence-corrected chi connectivity index (χ0v) is 16.5. The summed E-state index contributed by atoms with van der Waals surface area (Å²) in [5.74, 6) is 1.09. The van der Waals surface area contributed by atoms with Crippen LogP contribution < -0.4 is 16.0 Å². The van der Waals surface area contributed by atoms with Gasteiger partial charge in [0.15, 0.2) is 5.96 Å². The van der Waals surface area contributed by atoms with Gasteiger partial charge in [0.05, 0.1) is 19.2 Å². The lowest BCUT2D eigenvalue weighted by Crippen LogP contribution is -2.48. The zero-order valence-electron chi connectivity index (χ0n) is 16.5. The van der Waals surface area contributed by atoms with Crippen LogP contribution in [0.5, 0.6) is 0 Å². The van der Waals surface area contributed by atoms with Gasteiger partial charge in [-0.2, -0.15) is 0 Å². The van der Waals surface area contributed by atoms with E-state index in [2.05, 4.69) is 20.9 Å². The van der Waals surface area contributed by atoms with Gasteiger partial charge in [0.1, 0.15) is 5.60 Å². The lowest BCUT2D eigenvalue weighted by molar-refractivity contribution is 0.0672. The second-order valence-electron chi connectivity index (χ2n) is 7.02. The van der Waals surface area contributed by atoms with E-state index in [0.717, 1.165) is 18.4 Å². The average molecular weight is 377 g/mol. The Labute approximate surface area is 161 Å². The number of aliphatic hydroxyl groups is 1. The molecule has 2 unspecified atom stereocenters. The summed E-state index contributed by atoms with van der Waals surface area (Å²) in [7, 11) is 0. The Kier molecular flexibility index (Phi) is 7.91. The van der Waals surface area contributed by atoms with Crippen LogP contribution in [0.4, 0.5) is 4.79 Å². The third-order valence-corrected chi connectivity index (χ3v) is 4.54. The van der Waals surface area contributed by atoms with Crippen LogP contribution in [-0.4, -0.2) is 49.4 Å². The molecule has 1 fully saturated rings. The Morgan fingerprint density at radius 3 is 2.59 bits per heavy atom. The lowest BCUT2D eigenvalue weighted by Gasteiger charge is -2.23. The number of aliphatic imine (C=N–C) groups is 1. The summed E-state index contributed by atoms with van der Waals surface area (Å²) < 4.78 is 4.99. The maximum absolute atomic E-state index is 11.7. The summed E-state index contributed by atoms with van der Waals surface area (Å²) in [6.45, 7) is 7.38. The van der Waals surface area contributed by atoms with Gasteiger partial charge in [0, 0.05) is 13.1 Å². The van der Waals surface area contributed by atoms with E-state index in [1.165, 1.54) is 0 Å². The fraction of sp³-hybridized carbons (Fsp3) is 0.600. The number of rotatable bonds is 9. The maximum atomic E-state index is 11.7. The van der Waals surface area contributed by atoms with E-state index in [1.54, 1.807) is 13.8 Å². The van der Waals surface area contributed by atoms with E-state index in [4.69, 9.17) is 4.74 Å². The highest BCUT2D eigenvalue weighted by atomic mass is 16.5. The van der Waals surface area contributed by atoms with E-state index in [1.807, 2.05) is 37.3 Å². The molecule has 0 radical (unpaired) electrons. The largest absolute Gasteiger partial charge is 0.450 e. The number of benzene rings is 1. The first kappa shape index (κ1) is 21.0. The molecule has 2 atom stereocenters. The summed E-state index contributed by atoms with van der Waals surface area (Å²) in [5.41, 5.74) is -0.229. The molecule has 7 nitrogen and oxygen atoms in total. The van der Waals surface area contributed by atoms with Crippen molar-refractivity contribution in [2.75, 3.05) is 26.2 Å². The Morgan fingerprint density at radius 1 is 1.30 bits per heavy atom. The molecule has 0 heterocycles. The third kappa shape index (κ3) is 7.09. The molecule has 2 rings (SSSR count). The van der Waals surface area contributed by atoms with Crippen LogP contribution >= 0.6 is 0 Å². The van der Waals surface area contributed by atoms with Gasteiger partial charge in [-0.15, -0.1) is 0 Å². The molecule has 0 saturated heterocycles. The minimum Gasteiger partial charge on any atom is -0.450 e.